The third kappa shape index (κ3) is 2.93. The summed E-state index contributed by atoms with van der Waals surface area (Å²) in [5, 5.41) is 4.14. The number of rotatable bonds is 4. The highest BCUT2D eigenvalue weighted by atomic mass is 35.5. The molecule has 1 fully saturated rings. The summed E-state index contributed by atoms with van der Waals surface area (Å²) in [5.41, 5.74) is 1.42. The Labute approximate surface area is 107 Å². The molecule has 1 saturated heterocycles. The van der Waals surface area contributed by atoms with Crippen LogP contribution in [0.1, 0.15) is 17.9 Å². The Kier molecular flexibility index (Phi) is 4.56. The summed E-state index contributed by atoms with van der Waals surface area (Å²) in [5.74, 6) is 4.07. The van der Waals surface area contributed by atoms with E-state index in [-0.39, 0.29) is 0 Å². The van der Waals surface area contributed by atoms with Crippen molar-refractivity contribution in [2.24, 2.45) is 5.92 Å². The maximum atomic E-state index is 5.93. The van der Waals surface area contributed by atoms with E-state index >= 15 is 0 Å². The number of likely N-dealkylation sites (N-methyl/N-ethyl adjacent to an activating group) is 1. The van der Waals surface area contributed by atoms with Crippen molar-refractivity contribution in [1.29, 1.82) is 0 Å². The van der Waals surface area contributed by atoms with E-state index < -0.39 is 0 Å². The molecule has 1 heterocycles. The minimum atomic E-state index is 0.636. The van der Waals surface area contributed by atoms with E-state index in [1.807, 2.05) is 19.2 Å². The van der Waals surface area contributed by atoms with Crippen LogP contribution in [0, 0.1) is 5.92 Å². The van der Waals surface area contributed by atoms with Gasteiger partial charge in [-0.3, -0.25) is 0 Å². The van der Waals surface area contributed by atoms with E-state index in [0.717, 1.165) is 17.5 Å². The van der Waals surface area contributed by atoms with Gasteiger partial charge < -0.3 is 5.32 Å². The van der Waals surface area contributed by atoms with Gasteiger partial charge in [0.15, 0.2) is 0 Å². The van der Waals surface area contributed by atoms with Gasteiger partial charge in [-0.15, -0.1) is 0 Å². The maximum Gasteiger partial charge on any atom is 0.0406 e. The van der Waals surface area contributed by atoms with E-state index in [4.69, 9.17) is 11.6 Å². The summed E-state index contributed by atoms with van der Waals surface area (Å²) >= 11 is 8.01. The summed E-state index contributed by atoms with van der Waals surface area (Å²) in [4.78, 5) is 0. The van der Waals surface area contributed by atoms with Gasteiger partial charge >= 0.3 is 0 Å². The van der Waals surface area contributed by atoms with E-state index in [1.54, 1.807) is 0 Å². The number of hydrogen-bond donors (Lipinski definition) is 1. The molecule has 16 heavy (non-hydrogen) atoms. The van der Waals surface area contributed by atoms with Crippen molar-refractivity contribution < 1.29 is 0 Å². The van der Waals surface area contributed by atoms with E-state index in [0.29, 0.717) is 5.92 Å². The maximum absolute atomic E-state index is 5.93. The molecule has 1 nitrogen and oxygen atoms in total. The largest absolute Gasteiger partial charge is 0.319 e. The van der Waals surface area contributed by atoms with Crippen LogP contribution in [0.5, 0.6) is 0 Å². The van der Waals surface area contributed by atoms with Gasteiger partial charge in [-0.2, -0.15) is 11.8 Å². The Bertz CT molecular complexity index is 319. The Balaban J connectivity index is 2.14. The van der Waals surface area contributed by atoms with Crippen molar-refractivity contribution in [2.75, 3.05) is 25.1 Å². The van der Waals surface area contributed by atoms with Crippen molar-refractivity contribution >= 4 is 23.4 Å². The number of halogens is 1. The second kappa shape index (κ2) is 5.95. The van der Waals surface area contributed by atoms with Crippen LogP contribution in [-0.4, -0.2) is 25.1 Å². The highest BCUT2D eigenvalue weighted by Crippen LogP contribution is 2.35. The lowest BCUT2D eigenvalue weighted by Crippen LogP contribution is -2.24. The third-order valence-electron chi connectivity index (χ3n) is 3.26. The van der Waals surface area contributed by atoms with E-state index in [1.165, 1.54) is 23.5 Å². The molecule has 0 radical (unpaired) electrons. The fourth-order valence-electron chi connectivity index (χ4n) is 2.36. The van der Waals surface area contributed by atoms with E-state index in [9.17, 15) is 0 Å². The average Bonchev–Trinajstić information content (AvgIpc) is 2.81. The molecule has 1 aromatic rings. The lowest BCUT2D eigenvalue weighted by Gasteiger charge is -2.23. The minimum absolute atomic E-state index is 0.636. The zero-order valence-corrected chi connectivity index (χ0v) is 11.2. The molecule has 1 aromatic carbocycles. The Morgan fingerprint density at radius 2 is 2.19 bits per heavy atom. The summed E-state index contributed by atoms with van der Waals surface area (Å²) < 4.78 is 0. The first-order chi connectivity index (χ1) is 7.81. The topological polar surface area (TPSA) is 12.0 Å². The van der Waals surface area contributed by atoms with Gasteiger partial charge in [0, 0.05) is 11.6 Å². The van der Waals surface area contributed by atoms with E-state index in [2.05, 4.69) is 29.2 Å². The van der Waals surface area contributed by atoms with Crippen LogP contribution < -0.4 is 5.32 Å². The number of benzene rings is 1. The minimum Gasteiger partial charge on any atom is -0.319 e. The van der Waals surface area contributed by atoms with Gasteiger partial charge in [0.05, 0.1) is 0 Å². The van der Waals surface area contributed by atoms with Crippen LogP contribution in [0.4, 0.5) is 0 Å². The predicted octanol–water partition coefficient (Wildman–Crippen LogP) is 3.40. The summed E-state index contributed by atoms with van der Waals surface area (Å²) in [6.45, 7) is 1.06. The van der Waals surface area contributed by atoms with Crippen molar-refractivity contribution in [3.63, 3.8) is 0 Å². The van der Waals surface area contributed by atoms with Gasteiger partial charge in [0.25, 0.3) is 0 Å². The molecule has 1 aliphatic heterocycles. The van der Waals surface area contributed by atoms with Crippen LogP contribution in [0.15, 0.2) is 24.3 Å². The molecule has 0 amide bonds. The normalized spacial score (nSPS) is 22.2. The van der Waals surface area contributed by atoms with Gasteiger partial charge in [0.2, 0.25) is 0 Å². The molecule has 1 N–H and O–H groups in total. The molecule has 2 unspecified atom stereocenters. The third-order valence-corrected chi connectivity index (χ3v) is 4.70. The predicted molar refractivity (Wildman–Crippen MR) is 73.6 cm³/mol. The van der Waals surface area contributed by atoms with Crippen LogP contribution >= 0.6 is 23.4 Å². The summed E-state index contributed by atoms with van der Waals surface area (Å²) in [6, 6.07) is 8.35. The fraction of sp³-hybridized carbons (Fsp3) is 0.538. The Morgan fingerprint density at radius 1 is 1.44 bits per heavy atom. The first-order valence-electron chi connectivity index (χ1n) is 5.79. The quantitative estimate of drug-likeness (QED) is 0.885. The highest BCUT2D eigenvalue weighted by molar-refractivity contribution is 7.99. The summed E-state index contributed by atoms with van der Waals surface area (Å²) in [6.07, 6.45) is 1.35. The van der Waals surface area contributed by atoms with Crippen LogP contribution in [0.2, 0.25) is 5.02 Å². The Morgan fingerprint density at radius 3 is 2.75 bits per heavy atom. The number of thioether (sulfide) groups is 1. The molecule has 0 aromatic heterocycles. The first-order valence-corrected chi connectivity index (χ1v) is 7.32. The lowest BCUT2D eigenvalue weighted by atomic mass is 9.85. The van der Waals surface area contributed by atoms with Crippen molar-refractivity contribution in [3.05, 3.63) is 34.9 Å². The second-order valence-corrected chi connectivity index (χ2v) is 5.93. The molecule has 88 valence electrons. The smallest absolute Gasteiger partial charge is 0.0406 e. The van der Waals surface area contributed by atoms with Crippen LogP contribution in [-0.2, 0) is 0 Å². The molecule has 1 aliphatic rings. The van der Waals surface area contributed by atoms with Crippen LogP contribution in [0.3, 0.4) is 0 Å². The fourth-order valence-corrected chi connectivity index (χ4v) is 3.82. The van der Waals surface area contributed by atoms with Gasteiger partial charge in [-0.1, -0.05) is 23.7 Å². The highest BCUT2D eigenvalue weighted by Gasteiger charge is 2.25. The SMILES string of the molecule is CNCC(c1ccc(Cl)cc1)C1CCSC1. The zero-order chi connectivity index (χ0) is 11.4. The summed E-state index contributed by atoms with van der Waals surface area (Å²) in [7, 11) is 2.03. The second-order valence-electron chi connectivity index (χ2n) is 4.34. The molecule has 3 heteroatoms. The Hall–Kier alpha value is -0.180. The van der Waals surface area contributed by atoms with Crippen molar-refractivity contribution in [3.8, 4) is 0 Å². The van der Waals surface area contributed by atoms with Crippen LogP contribution in [0.25, 0.3) is 0 Å². The molecule has 0 aliphatic carbocycles. The molecule has 0 saturated carbocycles. The molecule has 2 atom stereocenters. The average molecular weight is 256 g/mol. The van der Waals surface area contributed by atoms with Crippen molar-refractivity contribution in [2.45, 2.75) is 12.3 Å². The number of nitrogens with one attached hydrogen (secondary N) is 1. The van der Waals surface area contributed by atoms with Crippen molar-refractivity contribution in [1.82, 2.24) is 5.32 Å². The van der Waals surface area contributed by atoms with Gasteiger partial charge in [-0.05, 0) is 54.5 Å². The molecular formula is C13H18ClNS. The zero-order valence-electron chi connectivity index (χ0n) is 9.58. The molecule has 2 rings (SSSR count). The lowest BCUT2D eigenvalue weighted by molar-refractivity contribution is 0.453. The first kappa shape index (κ1) is 12.3. The van der Waals surface area contributed by atoms with Gasteiger partial charge in [-0.25, -0.2) is 0 Å². The standard InChI is InChI=1S/C13H18ClNS/c1-15-8-13(11-6-7-16-9-11)10-2-4-12(14)5-3-10/h2-5,11,13,15H,6-9H2,1H3. The molecule has 0 bridgehead atoms. The molecule has 0 spiro atoms. The molecular weight excluding hydrogens is 238 g/mol. The van der Waals surface area contributed by atoms with Gasteiger partial charge in [0.1, 0.15) is 0 Å². The monoisotopic (exact) mass is 255 g/mol. The number of hydrogen-bond acceptors (Lipinski definition) is 2.